The molecule has 1 fully saturated rings. The summed E-state index contributed by atoms with van der Waals surface area (Å²) in [5.74, 6) is 0.993. The fraction of sp³-hybridized carbons (Fsp3) is 0.643. The molecule has 0 bridgehead atoms. The first-order chi connectivity index (χ1) is 7.98. The summed E-state index contributed by atoms with van der Waals surface area (Å²) in [5, 5.41) is 3.59. The summed E-state index contributed by atoms with van der Waals surface area (Å²) in [7, 11) is 0. The van der Waals surface area contributed by atoms with Crippen LogP contribution in [0.15, 0.2) is 16.7 Å². The van der Waals surface area contributed by atoms with Gasteiger partial charge in [-0.05, 0) is 59.2 Å². The average molecular weight is 297 g/mol. The van der Waals surface area contributed by atoms with Gasteiger partial charge in [-0.15, -0.1) is 0 Å². The van der Waals surface area contributed by atoms with Crippen molar-refractivity contribution in [3.05, 3.63) is 22.3 Å². The molecule has 0 aliphatic heterocycles. The Morgan fingerprint density at radius 2 is 2.24 bits per heavy atom. The van der Waals surface area contributed by atoms with Crippen molar-refractivity contribution in [2.24, 2.45) is 5.41 Å². The van der Waals surface area contributed by atoms with Crippen LogP contribution in [0.4, 0.5) is 5.82 Å². The van der Waals surface area contributed by atoms with Crippen LogP contribution in [0.3, 0.4) is 0 Å². The van der Waals surface area contributed by atoms with Gasteiger partial charge in [-0.3, -0.25) is 0 Å². The molecule has 2 rings (SSSR count). The minimum absolute atomic E-state index is 0.465. The first-order valence-corrected chi connectivity index (χ1v) is 7.15. The summed E-state index contributed by atoms with van der Waals surface area (Å²) >= 11 is 3.61. The Hall–Kier alpha value is -0.570. The molecule has 1 N–H and O–H groups in total. The van der Waals surface area contributed by atoms with Gasteiger partial charge in [0.15, 0.2) is 0 Å². The van der Waals surface area contributed by atoms with E-state index in [-0.39, 0.29) is 0 Å². The molecule has 17 heavy (non-hydrogen) atoms. The molecule has 0 radical (unpaired) electrons. The number of hydrogen-bond acceptors (Lipinski definition) is 2. The van der Waals surface area contributed by atoms with Crippen LogP contribution in [0.2, 0.25) is 0 Å². The van der Waals surface area contributed by atoms with E-state index in [4.69, 9.17) is 0 Å². The molecule has 0 aromatic carbocycles. The minimum Gasteiger partial charge on any atom is -0.366 e. The molecule has 0 saturated heterocycles. The molecule has 94 valence electrons. The van der Waals surface area contributed by atoms with Gasteiger partial charge in [-0.25, -0.2) is 4.98 Å². The molecule has 0 spiro atoms. The second kappa shape index (κ2) is 4.97. The van der Waals surface area contributed by atoms with Gasteiger partial charge in [0.1, 0.15) is 5.82 Å². The number of halogens is 1. The predicted octanol–water partition coefficient (Wildman–Crippen LogP) is 4.53. The monoisotopic (exact) mass is 296 g/mol. The van der Waals surface area contributed by atoms with Crippen molar-refractivity contribution >= 4 is 21.7 Å². The maximum Gasteiger partial charge on any atom is 0.140 e. The molecule has 0 amide bonds. The zero-order valence-corrected chi connectivity index (χ0v) is 12.5. The van der Waals surface area contributed by atoms with Gasteiger partial charge in [-0.1, -0.05) is 20.3 Å². The lowest BCUT2D eigenvalue weighted by molar-refractivity contribution is 0.229. The van der Waals surface area contributed by atoms with Crippen LogP contribution in [0.5, 0.6) is 0 Å². The number of aromatic nitrogens is 1. The van der Waals surface area contributed by atoms with E-state index < -0.39 is 0 Å². The number of rotatable bonds is 2. The third-order valence-corrected chi connectivity index (χ3v) is 4.63. The molecule has 1 aliphatic carbocycles. The molecule has 1 aliphatic rings. The molecule has 2 nitrogen and oxygen atoms in total. The molecule has 1 aromatic heterocycles. The largest absolute Gasteiger partial charge is 0.366 e. The fourth-order valence-corrected chi connectivity index (χ4v) is 3.00. The summed E-state index contributed by atoms with van der Waals surface area (Å²) in [6.07, 6.45) is 7.01. The van der Waals surface area contributed by atoms with Gasteiger partial charge in [0.2, 0.25) is 0 Å². The topological polar surface area (TPSA) is 24.9 Å². The number of pyridine rings is 1. The first kappa shape index (κ1) is 12.9. The number of nitrogens with one attached hydrogen (secondary N) is 1. The summed E-state index contributed by atoms with van der Waals surface area (Å²) in [5.41, 5.74) is 1.70. The zero-order valence-electron chi connectivity index (χ0n) is 10.9. The lowest BCUT2D eigenvalue weighted by Crippen LogP contribution is -2.32. The highest BCUT2D eigenvalue weighted by atomic mass is 79.9. The predicted molar refractivity (Wildman–Crippen MR) is 76.3 cm³/mol. The molecule has 1 unspecified atom stereocenters. The van der Waals surface area contributed by atoms with Crippen LogP contribution in [-0.4, -0.2) is 11.0 Å². The highest BCUT2D eigenvalue weighted by molar-refractivity contribution is 9.10. The highest BCUT2D eigenvalue weighted by Gasteiger charge is 2.28. The van der Waals surface area contributed by atoms with Gasteiger partial charge in [-0.2, -0.15) is 0 Å². The van der Waals surface area contributed by atoms with Gasteiger partial charge in [0, 0.05) is 12.2 Å². The molecular weight excluding hydrogens is 276 g/mol. The van der Waals surface area contributed by atoms with Crippen molar-refractivity contribution in [2.75, 3.05) is 5.32 Å². The second-order valence-corrected chi connectivity index (χ2v) is 6.69. The van der Waals surface area contributed by atoms with E-state index in [1.54, 1.807) is 0 Å². The Balaban J connectivity index is 2.08. The van der Waals surface area contributed by atoms with Crippen molar-refractivity contribution in [3.63, 3.8) is 0 Å². The van der Waals surface area contributed by atoms with Crippen molar-refractivity contribution < 1.29 is 0 Å². The number of aryl methyl sites for hydroxylation is 1. The lowest BCUT2D eigenvalue weighted by Gasteiger charge is -2.36. The molecule has 1 heterocycles. The van der Waals surface area contributed by atoms with Crippen LogP contribution in [0.25, 0.3) is 0 Å². The third kappa shape index (κ3) is 3.21. The van der Waals surface area contributed by atoms with Crippen LogP contribution >= 0.6 is 15.9 Å². The Kier molecular flexibility index (Phi) is 3.76. The Morgan fingerprint density at radius 3 is 2.94 bits per heavy atom. The summed E-state index contributed by atoms with van der Waals surface area (Å²) in [4.78, 5) is 4.42. The Morgan fingerprint density at radius 1 is 1.47 bits per heavy atom. The van der Waals surface area contributed by atoms with E-state index >= 15 is 0 Å². The molecule has 1 atom stereocenters. The van der Waals surface area contributed by atoms with Crippen molar-refractivity contribution in [1.29, 1.82) is 0 Å². The van der Waals surface area contributed by atoms with Gasteiger partial charge in [0.05, 0.1) is 4.47 Å². The number of hydrogen-bond donors (Lipinski definition) is 1. The van der Waals surface area contributed by atoms with Gasteiger partial charge in [0.25, 0.3) is 0 Å². The van der Waals surface area contributed by atoms with Crippen molar-refractivity contribution in [1.82, 2.24) is 4.98 Å². The maximum absolute atomic E-state index is 4.42. The fourth-order valence-electron chi connectivity index (χ4n) is 2.66. The van der Waals surface area contributed by atoms with Crippen LogP contribution in [0, 0.1) is 12.3 Å². The van der Waals surface area contributed by atoms with E-state index in [2.05, 4.69) is 47.0 Å². The Labute approximate surface area is 112 Å². The SMILES string of the molecule is Cc1ccnc(NC2CCCC(C)(C)C2)c1Br. The zero-order chi connectivity index (χ0) is 12.5. The van der Waals surface area contributed by atoms with E-state index in [0.717, 1.165) is 10.3 Å². The molecule has 1 saturated carbocycles. The van der Waals surface area contributed by atoms with E-state index in [1.807, 2.05) is 12.3 Å². The van der Waals surface area contributed by atoms with Gasteiger partial charge >= 0.3 is 0 Å². The van der Waals surface area contributed by atoms with Crippen molar-refractivity contribution in [2.45, 2.75) is 52.5 Å². The smallest absolute Gasteiger partial charge is 0.140 e. The highest BCUT2D eigenvalue weighted by Crippen LogP contribution is 2.37. The van der Waals surface area contributed by atoms with Crippen molar-refractivity contribution in [3.8, 4) is 0 Å². The van der Waals surface area contributed by atoms with E-state index in [1.165, 1.54) is 31.2 Å². The average Bonchev–Trinajstić information content (AvgIpc) is 2.23. The summed E-state index contributed by atoms with van der Waals surface area (Å²) in [6, 6.07) is 2.59. The van der Waals surface area contributed by atoms with Crippen LogP contribution in [0.1, 0.15) is 45.1 Å². The number of nitrogens with zero attached hydrogens (tertiary/aromatic N) is 1. The van der Waals surface area contributed by atoms with E-state index in [9.17, 15) is 0 Å². The van der Waals surface area contributed by atoms with E-state index in [0.29, 0.717) is 11.5 Å². The summed E-state index contributed by atoms with van der Waals surface area (Å²) < 4.78 is 1.10. The van der Waals surface area contributed by atoms with Gasteiger partial charge < -0.3 is 5.32 Å². The standard InChI is InChI=1S/C14H21BrN2/c1-10-6-8-16-13(12(10)15)17-11-5-4-7-14(2,3)9-11/h6,8,11H,4-5,7,9H2,1-3H3,(H,16,17). The molecule has 3 heteroatoms. The summed E-state index contributed by atoms with van der Waals surface area (Å²) in [6.45, 7) is 6.82. The quantitative estimate of drug-likeness (QED) is 0.867. The Bertz CT molecular complexity index is 401. The minimum atomic E-state index is 0.465. The first-order valence-electron chi connectivity index (χ1n) is 6.36. The maximum atomic E-state index is 4.42. The number of anilines is 1. The van der Waals surface area contributed by atoms with Crippen LogP contribution in [-0.2, 0) is 0 Å². The normalized spacial score (nSPS) is 23.4. The van der Waals surface area contributed by atoms with Crippen LogP contribution < -0.4 is 5.32 Å². The third-order valence-electron chi connectivity index (χ3n) is 3.63. The lowest BCUT2D eigenvalue weighted by atomic mass is 9.75. The second-order valence-electron chi connectivity index (χ2n) is 5.89. The molecular formula is C14H21BrN2. The molecule has 1 aromatic rings.